The first-order valence-corrected chi connectivity index (χ1v) is 11.7. The van der Waals surface area contributed by atoms with Crippen LogP contribution in [0.5, 0.6) is 5.88 Å². The van der Waals surface area contributed by atoms with Gasteiger partial charge in [-0.05, 0) is 49.6 Å². The van der Waals surface area contributed by atoms with Crippen molar-refractivity contribution in [2.24, 2.45) is 5.92 Å². The van der Waals surface area contributed by atoms with Crippen molar-refractivity contribution < 1.29 is 9.53 Å². The SMILES string of the molecule is CC(=O)N1CCC(COc2nc(C(C)Nc3ncnc4[nH]cnc34)cc3cccc(C)c23)CC1. The van der Waals surface area contributed by atoms with Gasteiger partial charge in [-0.15, -0.1) is 0 Å². The summed E-state index contributed by atoms with van der Waals surface area (Å²) < 4.78 is 6.35. The number of aromatic amines is 1. The van der Waals surface area contributed by atoms with Gasteiger partial charge in [0.05, 0.1) is 24.7 Å². The van der Waals surface area contributed by atoms with Crippen LogP contribution in [0.3, 0.4) is 0 Å². The molecule has 1 aliphatic heterocycles. The number of hydrogen-bond donors (Lipinski definition) is 2. The Morgan fingerprint density at radius 3 is 2.88 bits per heavy atom. The van der Waals surface area contributed by atoms with E-state index in [0.29, 0.717) is 35.4 Å². The maximum Gasteiger partial charge on any atom is 0.221 e. The lowest BCUT2D eigenvalue weighted by atomic mass is 9.98. The van der Waals surface area contributed by atoms with Crippen molar-refractivity contribution in [1.82, 2.24) is 29.8 Å². The number of imidazole rings is 1. The number of anilines is 1. The van der Waals surface area contributed by atoms with Gasteiger partial charge >= 0.3 is 0 Å². The molecule has 2 N–H and O–H groups in total. The van der Waals surface area contributed by atoms with Crippen molar-refractivity contribution in [2.45, 2.75) is 39.7 Å². The molecule has 4 aromatic rings. The summed E-state index contributed by atoms with van der Waals surface area (Å²) in [6, 6.07) is 8.20. The molecule has 1 aromatic carbocycles. The summed E-state index contributed by atoms with van der Waals surface area (Å²) in [5.41, 5.74) is 3.38. The summed E-state index contributed by atoms with van der Waals surface area (Å²) in [6.07, 6.45) is 5.01. The van der Waals surface area contributed by atoms with Crippen LogP contribution in [0.2, 0.25) is 0 Å². The standard InChI is InChI=1S/C25H29N7O2/c1-15-5-4-6-19-11-20(16(2)30-24-22-23(27-13-26-22)28-14-29-24)31-25(21(15)19)34-12-18-7-9-32(10-8-18)17(3)33/h4-6,11,13-14,16,18H,7-10,12H2,1-3H3,(H2,26,27,28,29,30). The van der Waals surface area contributed by atoms with Crippen LogP contribution >= 0.6 is 0 Å². The van der Waals surface area contributed by atoms with Crippen LogP contribution in [0.1, 0.15) is 44.0 Å². The molecule has 3 aromatic heterocycles. The van der Waals surface area contributed by atoms with Crippen LogP contribution in [0.4, 0.5) is 5.82 Å². The molecule has 0 bridgehead atoms. The lowest BCUT2D eigenvalue weighted by molar-refractivity contribution is -0.130. The van der Waals surface area contributed by atoms with Gasteiger partial charge in [-0.1, -0.05) is 18.2 Å². The van der Waals surface area contributed by atoms with Crippen LogP contribution in [-0.4, -0.2) is 55.4 Å². The van der Waals surface area contributed by atoms with Crippen LogP contribution < -0.4 is 10.1 Å². The Bertz CT molecular complexity index is 1330. The largest absolute Gasteiger partial charge is 0.477 e. The number of carbonyl (C=O) groups is 1. The quantitative estimate of drug-likeness (QED) is 0.448. The highest BCUT2D eigenvalue weighted by molar-refractivity contribution is 5.90. The van der Waals surface area contributed by atoms with E-state index in [0.717, 1.165) is 48.0 Å². The Hall–Kier alpha value is -3.75. The summed E-state index contributed by atoms with van der Waals surface area (Å²) in [6.45, 7) is 7.93. The van der Waals surface area contributed by atoms with E-state index in [9.17, 15) is 4.79 Å². The Kier molecular flexibility index (Phi) is 6.00. The van der Waals surface area contributed by atoms with Gasteiger partial charge in [-0.3, -0.25) is 4.79 Å². The molecular formula is C25H29N7O2. The van der Waals surface area contributed by atoms with Crippen LogP contribution in [0.15, 0.2) is 36.9 Å². The van der Waals surface area contributed by atoms with Crippen LogP contribution in [0, 0.1) is 12.8 Å². The Labute approximate surface area is 198 Å². The number of aromatic nitrogens is 5. The highest BCUT2D eigenvalue weighted by atomic mass is 16.5. The number of pyridine rings is 1. The summed E-state index contributed by atoms with van der Waals surface area (Å²) in [5.74, 6) is 1.86. The maximum atomic E-state index is 11.6. The third kappa shape index (κ3) is 4.37. The maximum absolute atomic E-state index is 11.6. The van der Waals surface area contributed by atoms with Gasteiger partial charge in [0, 0.05) is 25.4 Å². The number of amides is 1. The lowest BCUT2D eigenvalue weighted by Crippen LogP contribution is -2.38. The molecule has 0 spiro atoms. The average molecular weight is 460 g/mol. The molecule has 1 aliphatic rings. The minimum atomic E-state index is -0.124. The molecule has 1 fully saturated rings. The predicted molar refractivity (Wildman–Crippen MR) is 131 cm³/mol. The van der Waals surface area contributed by atoms with Crippen LogP contribution in [0.25, 0.3) is 21.9 Å². The second-order valence-electron chi connectivity index (χ2n) is 8.97. The fourth-order valence-electron chi connectivity index (χ4n) is 4.55. The number of fused-ring (bicyclic) bond motifs is 2. The number of hydrogen-bond acceptors (Lipinski definition) is 7. The zero-order valence-electron chi connectivity index (χ0n) is 19.7. The second kappa shape index (κ2) is 9.24. The van der Waals surface area contributed by atoms with E-state index in [-0.39, 0.29) is 11.9 Å². The van der Waals surface area contributed by atoms with Crippen LogP contribution in [-0.2, 0) is 4.79 Å². The number of piperidine rings is 1. The molecule has 9 nitrogen and oxygen atoms in total. The number of likely N-dealkylation sites (tertiary alicyclic amines) is 1. The molecular weight excluding hydrogens is 430 g/mol. The topological polar surface area (TPSA) is 109 Å². The molecule has 0 aliphatic carbocycles. The molecule has 1 saturated heterocycles. The van der Waals surface area contributed by atoms with E-state index < -0.39 is 0 Å². The van der Waals surface area contributed by atoms with Gasteiger partial charge < -0.3 is 19.9 Å². The summed E-state index contributed by atoms with van der Waals surface area (Å²) in [7, 11) is 0. The number of carbonyl (C=O) groups excluding carboxylic acids is 1. The van der Waals surface area contributed by atoms with Crippen molar-refractivity contribution in [3.8, 4) is 5.88 Å². The van der Waals surface area contributed by atoms with E-state index in [1.807, 2.05) is 11.8 Å². The van der Waals surface area contributed by atoms with Crippen molar-refractivity contribution in [1.29, 1.82) is 0 Å². The van der Waals surface area contributed by atoms with Gasteiger partial charge in [0.2, 0.25) is 11.8 Å². The first kappa shape index (κ1) is 22.1. The second-order valence-corrected chi connectivity index (χ2v) is 8.97. The highest BCUT2D eigenvalue weighted by Crippen LogP contribution is 2.32. The fraction of sp³-hybridized carbons (Fsp3) is 0.400. The number of nitrogens with zero attached hydrogens (tertiary/aromatic N) is 5. The average Bonchev–Trinajstić information content (AvgIpc) is 3.33. The third-order valence-corrected chi connectivity index (χ3v) is 6.58. The Balaban J connectivity index is 1.39. The first-order valence-electron chi connectivity index (χ1n) is 11.7. The van der Waals surface area contributed by atoms with Gasteiger partial charge in [-0.2, -0.15) is 0 Å². The van der Waals surface area contributed by atoms with Crippen molar-refractivity contribution in [3.63, 3.8) is 0 Å². The first-order chi connectivity index (χ1) is 16.5. The predicted octanol–water partition coefficient (Wildman–Crippen LogP) is 4.02. The number of H-pyrrole nitrogens is 1. The third-order valence-electron chi connectivity index (χ3n) is 6.58. The van der Waals surface area contributed by atoms with Crippen molar-refractivity contribution in [2.75, 3.05) is 25.0 Å². The monoisotopic (exact) mass is 459 g/mol. The van der Waals surface area contributed by atoms with E-state index in [1.54, 1.807) is 13.3 Å². The molecule has 176 valence electrons. The zero-order chi connectivity index (χ0) is 23.7. The summed E-state index contributed by atoms with van der Waals surface area (Å²) in [4.78, 5) is 34.4. The minimum Gasteiger partial charge on any atom is -0.477 e. The Morgan fingerprint density at radius 2 is 2.09 bits per heavy atom. The van der Waals surface area contributed by atoms with Gasteiger partial charge in [0.25, 0.3) is 0 Å². The summed E-state index contributed by atoms with van der Waals surface area (Å²) >= 11 is 0. The molecule has 0 saturated carbocycles. The Morgan fingerprint density at radius 1 is 1.26 bits per heavy atom. The zero-order valence-corrected chi connectivity index (χ0v) is 19.7. The molecule has 5 rings (SSSR count). The lowest BCUT2D eigenvalue weighted by Gasteiger charge is -2.31. The smallest absolute Gasteiger partial charge is 0.221 e. The van der Waals surface area contributed by atoms with E-state index in [1.165, 1.54) is 6.33 Å². The number of nitrogens with one attached hydrogen (secondary N) is 2. The van der Waals surface area contributed by atoms with E-state index in [2.05, 4.69) is 56.4 Å². The number of rotatable bonds is 6. The number of aryl methyl sites for hydroxylation is 1. The fourth-order valence-corrected chi connectivity index (χ4v) is 4.55. The molecule has 1 unspecified atom stereocenters. The van der Waals surface area contributed by atoms with Gasteiger partial charge in [-0.25, -0.2) is 19.9 Å². The molecule has 34 heavy (non-hydrogen) atoms. The van der Waals surface area contributed by atoms with E-state index in [4.69, 9.17) is 9.72 Å². The normalized spacial score (nSPS) is 15.6. The molecule has 0 radical (unpaired) electrons. The minimum absolute atomic E-state index is 0.124. The van der Waals surface area contributed by atoms with E-state index >= 15 is 0 Å². The van der Waals surface area contributed by atoms with Crippen molar-refractivity contribution in [3.05, 3.63) is 48.2 Å². The van der Waals surface area contributed by atoms with Crippen molar-refractivity contribution >= 4 is 33.7 Å². The molecule has 1 atom stereocenters. The molecule has 9 heteroatoms. The molecule has 1 amide bonds. The van der Waals surface area contributed by atoms with Gasteiger partial charge in [0.1, 0.15) is 11.8 Å². The molecule has 4 heterocycles. The summed E-state index contributed by atoms with van der Waals surface area (Å²) in [5, 5.41) is 5.55. The van der Waals surface area contributed by atoms with Gasteiger partial charge in [0.15, 0.2) is 11.5 Å². The number of ether oxygens (including phenoxy) is 1. The number of benzene rings is 1. The highest BCUT2D eigenvalue weighted by Gasteiger charge is 2.22.